The number of anilines is 1. The smallest absolute Gasteiger partial charge is 0.227 e. The first-order valence-electron chi connectivity index (χ1n) is 14.0. The van der Waals surface area contributed by atoms with Gasteiger partial charge in [0.1, 0.15) is 5.82 Å². The lowest BCUT2D eigenvalue weighted by molar-refractivity contribution is -0.137. The number of imidazole rings is 1. The molecule has 2 aliphatic heterocycles. The maximum Gasteiger partial charge on any atom is 0.227 e. The summed E-state index contributed by atoms with van der Waals surface area (Å²) in [6.45, 7) is 8.77. The van der Waals surface area contributed by atoms with Crippen molar-refractivity contribution in [1.82, 2.24) is 19.4 Å². The Morgan fingerprint density at radius 3 is 2.51 bits per heavy atom. The summed E-state index contributed by atoms with van der Waals surface area (Å²) in [6.07, 6.45) is 2.01. The number of aryl methyl sites for hydroxylation is 1. The van der Waals surface area contributed by atoms with E-state index in [9.17, 15) is 4.79 Å². The number of nitrogens with zero attached hydrogens (tertiary/aromatic N) is 5. The van der Waals surface area contributed by atoms with Crippen molar-refractivity contribution < 1.29 is 4.79 Å². The fourth-order valence-electron chi connectivity index (χ4n) is 6.06. The van der Waals surface area contributed by atoms with E-state index in [2.05, 4.69) is 80.8 Å². The van der Waals surface area contributed by atoms with Crippen LogP contribution in [-0.4, -0.2) is 64.5 Å². The first-order valence-corrected chi connectivity index (χ1v) is 14.4. The molecule has 6 nitrogen and oxygen atoms in total. The maximum absolute atomic E-state index is 13.6. The van der Waals surface area contributed by atoms with Crippen LogP contribution in [0.4, 0.5) is 5.69 Å². The number of piperazine rings is 1. The molecule has 1 atom stereocenters. The highest BCUT2D eigenvalue weighted by Crippen LogP contribution is 2.25. The molecule has 3 heterocycles. The van der Waals surface area contributed by atoms with Gasteiger partial charge in [0.15, 0.2) is 0 Å². The van der Waals surface area contributed by atoms with Crippen LogP contribution in [-0.2, 0) is 17.9 Å². The Morgan fingerprint density at radius 2 is 1.72 bits per heavy atom. The first kappa shape index (κ1) is 25.9. The summed E-state index contributed by atoms with van der Waals surface area (Å²) in [5.74, 6) is 1.42. The molecule has 0 spiro atoms. The molecule has 7 heteroatoms. The molecular formula is C32H36ClN5O. The summed E-state index contributed by atoms with van der Waals surface area (Å²) < 4.78 is 2.31. The maximum atomic E-state index is 13.6. The van der Waals surface area contributed by atoms with E-state index in [4.69, 9.17) is 16.6 Å². The fraction of sp³-hybridized carbons (Fsp3) is 0.375. The molecule has 1 amide bonds. The molecule has 2 saturated heterocycles. The van der Waals surface area contributed by atoms with Crippen molar-refractivity contribution in [2.24, 2.45) is 5.92 Å². The fourth-order valence-corrected chi connectivity index (χ4v) is 6.19. The van der Waals surface area contributed by atoms with Gasteiger partial charge in [-0.2, -0.15) is 0 Å². The number of para-hydroxylation sites is 2. The molecule has 3 aromatic carbocycles. The van der Waals surface area contributed by atoms with Crippen LogP contribution in [0.2, 0.25) is 5.02 Å². The molecule has 0 aliphatic carbocycles. The Bertz CT molecular complexity index is 1440. The number of aromatic nitrogens is 2. The quantitative estimate of drug-likeness (QED) is 0.318. The van der Waals surface area contributed by atoms with E-state index in [-0.39, 0.29) is 5.92 Å². The second-order valence-electron chi connectivity index (χ2n) is 11.0. The average molecular weight is 542 g/mol. The molecule has 2 aliphatic rings. The Morgan fingerprint density at radius 1 is 0.923 bits per heavy atom. The van der Waals surface area contributed by atoms with E-state index in [1.165, 1.54) is 16.8 Å². The normalized spacial score (nSPS) is 18.6. The van der Waals surface area contributed by atoms with Gasteiger partial charge in [0.05, 0.1) is 23.5 Å². The molecule has 4 aromatic rings. The molecule has 0 bridgehead atoms. The third kappa shape index (κ3) is 5.82. The zero-order valence-electron chi connectivity index (χ0n) is 22.6. The molecule has 0 saturated carbocycles. The van der Waals surface area contributed by atoms with Crippen LogP contribution in [0.15, 0.2) is 72.8 Å². The third-order valence-corrected chi connectivity index (χ3v) is 8.42. The van der Waals surface area contributed by atoms with Crippen LogP contribution in [0.1, 0.15) is 29.8 Å². The molecule has 2 fully saturated rings. The van der Waals surface area contributed by atoms with Crippen molar-refractivity contribution in [3.05, 3.63) is 94.8 Å². The highest BCUT2D eigenvalue weighted by molar-refractivity contribution is 6.30. The van der Waals surface area contributed by atoms with E-state index in [1.54, 1.807) is 0 Å². The zero-order valence-corrected chi connectivity index (χ0v) is 23.4. The van der Waals surface area contributed by atoms with E-state index < -0.39 is 0 Å². The SMILES string of the molecule is Cc1cccc(N2CCN(C(=O)[C@@H]3CCCN(Cc4nc5ccccc5n4Cc4ccc(Cl)cc4)C3)CC2)c1. The summed E-state index contributed by atoms with van der Waals surface area (Å²) in [7, 11) is 0. The molecule has 202 valence electrons. The lowest BCUT2D eigenvalue weighted by atomic mass is 9.96. The van der Waals surface area contributed by atoms with E-state index in [0.29, 0.717) is 5.91 Å². The Kier molecular flexibility index (Phi) is 7.58. The highest BCUT2D eigenvalue weighted by Gasteiger charge is 2.31. The average Bonchev–Trinajstić information content (AvgIpc) is 3.30. The van der Waals surface area contributed by atoms with Gasteiger partial charge in [-0.25, -0.2) is 4.98 Å². The lowest BCUT2D eigenvalue weighted by Gasteiger charge is -2.39. The predicted molar refractivity (Wildman–Crippen MR) is 158 cm³/mol. The number of rotatable bonds is 6. The van der Waals surface area contributed by atoms with Crippen LogP contribution < -0.4 is 4.90 Å². The van der Waals surface area contributed by atoms with Gasteiger partial charge < -0.3 is 14.4 Å². The minimum absolute atomic E-state index is 0.0540. The van der Waals surface area contributed by atoms with Gasteiger partial charge in [0, 0.05) is 50.0 Å². The number of hydrogen-bond donors (Lipinski definition) is 0. The molecule has 0 N–H and O–H groups in total. The third-order valence-electron chi connectivity index (χ3n) is 8.17. The standard InChI is InChI=1S/C32H36ClN5O/c1-24-6-4-8-28(20-24)36-16-18-37(19-17-36)32(39)26-7-5-15-35(22-26)23-31-34-29-9-2-3-10-30(29)38(31)21-25-11-13-27(33)14-12-25/h2-4,6,8-14,20,26H,5,7,15-19,21-23H2,1H3/t26-/m1/s1. The van der Waals surface area contributed by atoms with Gasteiger partial charge in [0.25, 0.3) is 0 Å². The molecule has 0 unspecified atom stereocenters. The number of hydrogen-bond acceptors (Lipinski definition) is 4. The molecule has 1 aromatic heterocycles. The van der Waals surface area contributed by atoms with Crippen molar-refractivity contribution in [2.75, 3.05) is 44.2 Å². The van der Waals surface area contributed by atoms with Crippen LogP contribution in [0.25, 0.3) is 11.0 Å². The number of amides is 1. The second-order valence-corrected chi connectivity index (χ2v) is 11.4. The number of carbonyl (C=O) groups is 1. The summed E-state index contributed by atoms with van der Waals surface area (Å²) in [6, 6.07) is 25.0. The van der Waals surface area contributed by atoms with Gasteiger partial charge in [-0.3, -0.25) is 9.69 Å². The Labute approximate surface area is 235 Å². The lowest BCUT2D eigenvalue weighted by Crippen LogP contribution is -2.52. The van der Waals surface area contributed by atoms with Crippen LogP contribution in [0.5, 0.6) is 0 Å². The van der Waals surface area contributed by atoms with Crippen molar-refractivity contribution >= 4 is 34.2 Å². The van der Waals surface area contributed by atoms with E-state index >= 15 is 0 Å². The summed E-state index contributed by atoms with van der Waals surface area (Å²) in [4.78, 5) is 25.5. The zero-order chi connectivity index (χ0) is 26.8. The van der Waals surface area contributed by atoms with E-state index in [0.717, 1.165) is 87.1 Å². The van der Waals surface area contributed by atoms with Gasteiger partial charge in [-0.1, -0.05) is 48.0 Å². The van der Waals surface area contributed by atoms with Crippen LogP contribution >= 0.6 is 11.6 Å². The largest absolute Gasteiger partial charge is 0.368 e. The molecule has 39 heavy (non-hydrogen) atoms. The Hall–Kier alpha value is -3.35. The van der Waals surface area contributed by atoms with Gasteiger partial charge >= 0.3 is 0 Å². The Balaban J connectivity index is 1.12. The number of fused-ring (bicyclic) bond motifs is 1. The molecule has 6 rings (SSSR count). The number of halogens is 1. The van der Waals surface area contributed by atoms with Crippen LogP contribution in [0.3, 0.4) is 0 Å². The summed E-state index contributed by atoms with van der Waals surface area (Å²) >= 11 is 6.13. The monoisotopic (exact) mass is 541 g/mol. The highest BCUT2D eigenvalue weighted by atomic mass is 35.5. The van der Waals surface area contributed by atoms with Crippen molar-refractivity contribution in [1.29, 1.82) is 0 Å². The van der Waals surface area contributed by atoms with Gasteiger partial charge in [0.2, 0.25) is 5.91 Å². The van der Waals surface area contributed by atoms with Crippen molar-refractivity contribution in [3.63, 3.8) is 0 Å². The number of benzene rings is 3. The second kappa shape index (κ2) is 11.4. The molecule has 0 radical (unpaired) electrons. The van der Waals surface area contributed by atoms with Gasteiger partial charge in [-0.15, -0.1) is 0 Å². The number of likely N-dealkylation sites (tertiary alicyclic amines) is 1. The first-order chi connectivity index (χ1) is 19.0. The minimum Gasteiger partial charge on any atom is -0.368 e. The topological polar surface area (TPSA) is 44.6 Å². The summed E-state index contributed by atoms with van der Waals surface area (Å²) in [5, 5.41) is 0.745. The minimum atomic E-state index is 0.0540. The molecular weight excluding hydrogens is 506 g/mol. The number of piperidine rings is 1. The van der Waals surface area contributed by atoms with Gasteiger partial charge in [-0.05, 0) is 73.8 Å². The van der Waals surface area contributed by atoms with Crippen LogP contribution in [0, 0.1) is 12.8 Å². The van der Waals surface area contributed by atoms with Crippen molar-refractivity contribution in [3.8, 4) is 0 Å². The van der Waals surface area contributed by atoms with E-state index in [1.807, 2.05) is 18.2 Å². The summed E-state index contributed by atoms with van der Waals surface area (Å²) in [5.41, 5.74) is 5.87. The number of carbonyl (C=O) groups excluding carboxylic acids is 1. The van der Waals surface area contributed by atoms with Crippen molar-refractivity contribution in [2.45, 2.75) is 32.9 Å². The predicted octanol–water partition coefficient (Wildman–Crippen LogP) is 5.61.